The Labute approximate surface area is 127 Å². The van der Waals surface area contributed by atoms with E-state index >= 15 is 0 Å². The fourth-order valence-corrected chi connectivity index (χ4v) is 2.89. The monoisotopic (exact) mass is 300 g/mol. The molecule has 1 saturated heterocycles. The second kappa shape index (κ2) is 6.01. The fourth-order valence-electron chi connectivity index (χ4n) is 2.89. The summed E-state index contributed by atoms with van der Waals surface area (Å²) in [5, 5.41) is 13.2. The van der Waals surface area contributed by atoms with Crippen molar-refractivity contribution in [2.24, 2.45) is 5.92 Å². The summed E-state index contributed by atoms with van der Waals surface area (Å²) in [6.45, 7) is 0.642. The quantitative estimate of drug-likeness (QED) is 0.926. The number of aliphatic carboxylic acids is 1. The molecule has 2 heterocycles. The Kier molecular flexibility index (Phi) is 3.91. The van der Waals surface area contributed by atoms with Crippen LogP contribution in [0.4, 0.5) is 0 Å². The summed E-state index contributed by atoms with van der Waals surface area (Å²) >= 11 is 0. The largest absolute Gasteiger partial charge is 0.481 e. The molecular weight excluding hydrogens is 284 g/mol. The molecule has 1 aliphatic rings. The fraction of sp³-hybridized carbons (Fsp3) is 0.312. The minimum atomic E-state index is -0.870. The van der Waals surface area contributed by atoms with Crippen molar-refractivity contribution in [3.8, 4) is 0 Å². The van der Waals surface area contributed by atoms with Gasteiger partial charge in [-0.05, 0) is 5.56 Å². The van der Waals surface area contributed by atoms with Gasteiger partial charge < -0.3 is 14.5 Å². The van der Waals surface area contributed by atoms with Crippen LogP contribution < -0.4 is 0 Å². The minimum absolute atomic E-state index is 0.126. The molecule has 0 saturated carbocycles. The van der Waals surface area contributed by atoms with Gasteiger partial charge in [0.2, 0.25) is 5.91 Å². The van der Waals surface area contributed by atoms with Crippen LogP contribution in [0.15, 0.2) is 47.2 Å². The van der Waals surface area contributed by atoms with Crippen molar-refractivity contribution in [3.05, 3.63) is 53.9 Å². The molecule has 1 amide bonds. The predicted molar refractivity (Wildman–Crippen MR) is 77.1 cm³/mol. The first-order valence-electron chi connectivity index (χ1n) is 7.10. The molecule has 1 aliphatic heterocycles. The van der Waals surface area contributed by atoms with E-state index in [0.717, 1.165) is 5.56 Å². The summed E-state index contributed by atoms with van der Waals surface area (Å²) in [6, 6.07) is 11.1. The van der Waals surface area contributed by atoms with Gasteiger partial charge >= 0.3 is 5.97 Å². The van der Waals surface area contributed by atoms with Gasteiger partial charge in [-0.3, -0.25) is 9.59 Å². The number of carbonyl (C=O) groups excluding carboxylic acids is 1. The van der Waals surface area contributed by atoms with Gasteiger partial charge in [-0.2, -0.15) is 0 Å². The third-order valence-corrected chi connectivity index (χ3v) is 4.04. The molecule has 1 N–H and O–H groups in total. The zero-order chi connectivity index (χ0) is 15.5. The van der Waals surface area contributed by atoms with E-state index in [1.165, 1.54) is 6.26 Å². The Hall–Kier alpha value is -2.63. The molecule has 2 atom stereocenters. The molecule has 0 aliphatic carbocycles. The second-order valence-corrected chi connectivity index (χ2v) is 5.43. The molecule has 22 heavy (non-hydrogen) atoms. The number of carbonyl (C=O) groups is 2. The van der Waals surface area contributed by atoms with Crippen molar-refractivity contribution in [2.45, 2.75) is 12.3 Å². The Morgan fingerprint density at radius 2 is 2.00 bits per heavy atom. The van der Waals surface area contributed by atoms with E-state index in [2.05, 4.69) is 5.16 Å². The SMILES string of the molecule is O=C(O)[C@@H]1CN(C(=O)Cc2ccon2)C[C@@H]1c1ccccc1. The van der Waals surface area contributed by atoms with E-state index < -0.39 is 11.9 Å². The lowest BCUT2D eigenvalue weighted by molar-refractivity contribution is -0.141. The van der Waals surface area contributed by atoms with Gasteiger partial charge in [-0.25, -0.2) is 0 Å². The summed E-state index contributed by atoms with van der Waals surface area (Å²) < 4.78 is 4.71. The van der Waals surface area contributed by atoms with Crippen LogP contribution in [-0.4, -0.2) is 40.1 Å². The summed E-state index contributed by atoms with van der Waals surface area (Å²) in [5.74, 6) is -1.76. The molecule has 1 aromatic heterocycles. The van der Waals surface area contributed by atoms with Crippen LogP contribution in [-0.2, 0) is 16.0 Å². The van der Waals surface area contributed by atoms with Crippen LogP contribution in [0.5, 0.6) is 0 Å². The number of hydrogen-bond donors (Lipinski definition) is 1. The van der Waals surface area contributed by atoms with Crippen LogP contribution in [0.3, 0.4) is 0 Å². The molecule has 0 spiro atoms. The van der Waals surface area contributed by atoms with Crippen LogP contribution in [0, 0.1) is 5.92 Å². The van der Waals surface area contributed by atoms with Crippen molar-refractivity contribution in [2.75, 3.05) is 13.1 Å². The summed E-state index contributed by atoms with van der Waals surface area (Å²) in [4.78, 5) is 25.4. The highest BCUT2D eigenvalue weighted by Crippen LogP contribution is 2.33. The van der Waals surface area contributed by atoms with Gasteiger partial charge in [0.15, 0.2) is 0 Å². The van der Waals surface area contributed by atoms with Crippen LogP contribution >= 0.6 is 0 Å². The first-order valence-corrected chi connectivity index (χ1v) is 7.10. The van der Waals surface area contributed by atoms with Crippen LogP contribution in [0.1, 0.15) is 17.2 Å². The van der Waals surface area contributed by atoms with Gasteiger partial charge in [0.25, 0.3) is 0 Å². The van der Waals surface area contributed by atoms with Gasteiger partial charge in [0.1, 0.15) is 6.26 Å². The third-order valence-electron chi connectivity index (χ3n) is 4.04. The highest BCUT2D eigenvalue weighted by atomic mass is 16.5. The number of amides is 1. The van der Waals surface area contributed by atoms with Crippen molar-refractivity contribution in [1.29, 1.82) is 0 Å². The first-order chi connectivity index (χ1) is 10.6. The van der Waals surface area contributed by atoms with E-state index in [4.69, 9.17) is 4.52 Å². The number of rotatable bonds is 4. The van der Waals surface area contributed by atoms with Crippen molar-refractivity contribution >= 4 is 11.9 Å². The molecule has 114 valence electrons. The van der Waals surface area contributed by atoms with E-state index in [1.54, 1.807) is 11.0 Å². The van der Waals surface area contributed by atoms with Crippen molar-refractivity contribution in [3.63, 3.8) is 0 Å². The van der Waals surface area contributed by atoms with Gasteiger partial charge in [0, 0.05) is 25.1 Å². The van der Waals surface area contributed by atoms with Gasteiger partial charge in [-0.1, -0.05) is 35.5 Å². The smallest absolute Gasteiger partial charge is 0.308 e. The molecule has 0 radical (unpaired) electrons. The first kappa shape index (κ1) is 14.3. The van der Waals surface area contributed by atoms with Gasteiger partial charge in [-0.15, -0.1) is 0 Å². The Morgan fingerprint density at radius 1 is 1.23 bits per heavy atom. The van der Waals surface area contributed by atoms with Gasteiger partial charge in [0.05, 0.1) is 18.0 Å². The van der Waals surface area contributed by atoms with Crippen molar-refractivity contribution in [1.82, 2.24) is 10.1 Å². The Balaban J connectivity index is 1.75. The zero-order valence-corrected chi connectivity index (χ0v) is 11.9. The lowest BCUT2D eigenvalue weighted by Crippen LogP contribution is -2.31. The second-order valence-electron chi connectivity index (χ2n) is 5.43. The van der Waals surface area contributed by atoms with Crippen LogP contribution in [0.2, 0.25) is 0 Å². The van der Waals surface area contributed by atoms with E-state index in [1.807, 2.05) is 30.3 Å². The minimum Gasteiger partial charge on any atom is -0.481 e. The Bertz CT molecular complexity index is 654. The molecule has 0 bridgehead atoms. The number of carboxylic acid groups (broad SMARTS) is 1. The highest BCUT2D eigenvalue weighted by Gasteiger charge is 2.40. The highest BCUT2D eigenvalue weighted by molar-refractivity contribution is 5.81. The number of benzene rings is 1. The normalized spacial score (nSPS) is 21.0. The van der Waals surface area contributed by atoms with E-state index in [9.17, 15) is 14.7 Å². The molecule has 1 fully saturated rings. The van der Waals surface area contributed by atoms with E-state index in [0.29, 0.717) is 12.2 Å². The molecule has 2 aromatic rings. The average molecular weight is 300 g/mol. The molecule has 6 heteroatoms. The number of carboxylic acids is 1. The molecule has 3 rings (SSSR count). The molecular formula is C16H16N2O4. The van der Waals surface area contributed by atoms with E-state index in [-0.39, 0.29) is 24.8 Å². The maximum Gasteiger partial charge on any atom is 0.308 e. The third kappa shape index (κ3) is 2.86. The maximum atomic E-state index is 12.3. The average Bonchev–Trinajstić information content (AvgIpc) is 3.17. The molecule has 0 unspecified atom stereocenters. The van der Waals surface area contributed by atoms with Crippen LogP contribution in [0.25, 0.3) is 0 Å². The predicted octanol–water partition coefficient (Wildman–Crippen LogP) is 1.54. The lowest BCUT2D eigenvalue weighted by atomic mass is 9.89. The number of hydrogen-bond acceptors (Lipinski definition) is 4. The molecule has 6 nitrogen and oxygen atoms in total. The topological polar surface area (TPSA) is 83.6 Å². The number of aromatic nitrogens is 1. The Morgan fingerprint density at radius 3 is 2.64 bits per heavy atom. The maximum absolute atomic E-state index is 12.3. The number of likely N-dealkylation sites (tertiary alicyclic amines) is 1. The summed E-state index contributed by atoms with van der Waals surface area (Å²) in [6.07, 6.45) is 1.55. The zero-order valence-electron chi connectivity index (χ0n) is 11.9. The lowest BCUT2D eigenvalue weighted by Gasteiger charge is -2.16. The summed E-state index contributed by atoms with van der Waals surface area (Å²) in [7, 11) is 0. The van der Waals surface area contributed by atoms with Crippen molar-refractivity contribution < 1.29 is 19.2 Å². The standard InChI is InChI=1S/C16H16N2O4/c19-15(8-12-6-7-22-17-12)18-9-13(14(10-18)16(20)21)11-4-2-1-3-5-11/h1-7,13-14H,8-10H2,(H,20,21)/t13-,14-/m1/s1. The number of nitrogens with zero attached hydrogens (tertiary/aromatic N) is 2. The summed E-state index contributed by atoms with van der Waals surface area (Å²) in [5.41, 5.74) is 1.51. The molecule has 1 aromatic carbocycles.